The van der Waals surface area contributed by atoms with Crippen molar-refractivity contribution in [1.82, 2.24) is 0 Å². The summed E-state index contributed by atoms with van der Waals surface area (Å²) in [4.78, 5) is 42.4. The second kappa shape index (κ2) is 6.59. The van der Waals surface area contributed by atoms with Gasteiger partial charge in [-0.3, -0.25) is 14.4 Å². The molecule has 5 atom stereocenters. The van der Waals surface area contributed by atoms with Crippen molar-refractivity contribution < 1.29 is 23.7 Å². The van der Waals surface area contributed by atoms with Crippen LogP contribution in [0.15, 0.2) is 48.5 Å². The van der Waals surface area contributed by atoms with Crippen molar-refractivity contribution in [3.8, 4) is 0 Å². The lowest BCUT2D eigenvalue weighted by Gasteiger charge is -2.25. The molecule has 0 aliphatic carbocycles. The van der Waals surface area contributed by atoms with Crippen LogP contribution in [-0.4, -0.2) is 36.2 Å². The van der Waals surface area contributed by atoms with Crippen molar-refractivity contribution in [1.29, 1.82) is 0 Å². The van der Waals surface area contributed by atoms with E-state index in [0.717, 1.165) is 29.8 Å². The van der Waals surface area contributed by atoms with Gasteiger partial charge in [0.1, 0.15) is 23.7 Å². The van der Waals surface area contributed by atoms with Gasteiger partial charge in [-0.05, 0) is 43.3 Å². The minimum absolute atomic E-state index is 0.0127. The molecule has 0 aromatic heterocycles. The predicted octanol–water partition coefficient (Wildman–Crippen LogP) is 1.55. The Morgan fingerprint density at radius 2 is 1.66 bits per heavy atom. The number of hydrogen-bond acceptors (Lipinski definition) is 3. The summed E-state index contributed by atoms with van der Waals surface area (Å²) in [7, 11) is 0. The number of nitrogens with zero attached hydrogens (tertiary/aromatic N) is 1. The molecule has 1 N–H and O–H groups in total. The Morgan fingerprint density at radius 3 is 2.34 bits per heavy atom. The molecule has 6 heteroatoms. The number of anilines is 1. The molecule has 0 saturated carbocycles. The first-order valence-electron chi connectivity index (χ1n) is 10.1. The number of fused-ring (bicyclic) bond motifs is 3. The van der Waals surface area contributed by atoms with Crippen LogP contribution in [-0.2, 0) is 9.59 Å². The lowest BCUT2D eigenvalue weighted by atomic mass is 9.85. The maximum atomic E-state index is 13.4. The zero-order chi connectivity index (χ0) is 20.3. The first-order chi connectivity index (χ1) is 14.0. The van der Waals surface area contributed by atoms with Crippen LogP contribution in [0.5, 0.6) is 0 Å². The molecule has 3 aliphatic heterocycles. The largest absolute Gasteiger partial charge is 0.322 e. The highest BCUT2D eigenvalue weighted by atomic mass is 19.1. The van der Waals surface area contributed by atoms with Crippen LogP contribution in [0.4, 0.5) is 10.1 Å². The number of quaternary nitrogens is 1. The molecule has 0 spiro atoms. The predicted molar refractivity (Wildman–Crippen MR) is 104 cm³/mol. The van der Waals surface area contributed by atoms with Gasteiger partial charge < -0.3 is 4.90 Å². The average molecular weight is 393 g/mol. The van der Waals surface area contributed by atoms with Gasteiger partial charge in [0.05, 0.1) is 12.2 Å². The quantitative estimate of drug-likeness (QED) is 0.636. The summed E-state index contributed by atoms with van der Waals surface area (Å²) in [6.07, 6.45) is 1.77. The Kier molecular flexibility index (Phi) is 4.13. The van der Waals surface area contributed by atoms with Gasteiger partial charge in [-0.15, -0.1) is 0 Å². The van der Waals surface area contributed by atoms with E-state index in [1.807, 2.05) is 19.1 Å². The highest BCUT2D eigenvalue weighted by Gasteiger charge is 2.68. The van der Waals surface area contributed by atoms with Crippen molar-refractivity contribution in [2.75, 3.05) is 11.4 Å². The van der Waals surface area contributed by atoms with Crippen LogP contribution < -0.4 is 9.80 Å². The number of amides is 2. The number of halogens is 1. The van der Waals surface area contributed by atoms with Gasteiger partial charge in [0.15, 0.2) is 6.04 Å². The van der Waals surface area contributed by atoms with Gasteiger partial charge in [0.25, 0.3) is 0 Å². The maximum absolute atomic E-state index is 13.4. The van der Waals surface area contributed by atoms with Gasteiger partial charge >= 0.3 is 0 Å². The molecule has 0 bridgehead atoms. The van der Waals surface area contributed by atoms with Crippen LogP contribution in [0, 0.1) is 24.6 Å². The van der Waals surface area contributed by atoms with Crippen molar-refractivity contribution in [3.63, 3.8) is 0 Å². The summed E-state index contributed by atoms with van der Waals surface area (Å²) in [6, 6.07) is 12.2. The zero-order valence-electron chi connectivity index (χ0n) is 16.1. The van der Waals surface area contributed by atoms with Crippen molar-refractivity contribution in [3.05, 3.63) is 65.5 Å². The number of carbonyl (C=O) groups is 3. The van der Waals surface area contributed by atoms with Crippen LogP contribution in [0.3, 0.4) is 0 Å². The van der Waals surface area contributed by atoms with Crippen molar-refractivity contribution in [2.24, 2.45) is 11.8 Å². The standard InChI is InChI=1S/C23H21FN2O3/c1-13-4-10-16(11-5-13)26-22(28)18-17-3-2-12-25(17)20(19(18)23(26)29)21(27)14-6-8-15(24)9-7-14/h4-11,17-20H,2-3,12H2,1H3/p+1/t17-,18-,19-,20+/m1/s1. The monoisotopic (exact) mass is 393 g/mol. The first-order valence-corrected chi connectivity index (χ1v) is 10.1. The van der Waals surface area contributed by atoms with Crippen LogP contribution in [0.25, 0.3) is 0 Å². The fraction of sp³-hybridized carbons (Fsp3) is 0.348. The third kappa shape index (κ3) is 2.66. The third-order valence-electron chi connectivity index (χ3n) is 6.75. The number of nitrogens with one attached hydrogen (secondary N) is 1. The number of aryl methyl sites for hydroxylation is 1. The lowest BCUT2D eigenvalue weighted by molar-refractivity contribution is -0.915. The van der Waals surface area contributed by atoms with Gasteiger partial charge in [0.2, 0.25) is 17.6 Å². The van der Waals surface area contributed by atoms with E-state index >= 15 is 0 Å². The van der Waals surface area contributed by atoms with Crippen molar-refractivity contribution in [2.45, 2.75) is 31.8 Å². The normalized spacial score (nSPS) is 30.6. The highest BCUT2D eigenvalue weighted by Crippen LogP contribution is 2.40. The fourth-order valence-electron chi connectivity index (χ4n) is 5.48. The van der Waals surface area contributed by atoms with E-state index in [2.05, 4.69) is 0 Å². The minimum atomic E-state index is -0.651. The Labute approximate surface area is 168 Å². The van der Waals surface area contributed by atoms with E-state index < -0.39 is 23.7 Å². The number of ketones is 1. The molecule has 2 aromatic rings. The summed E-state index contributed by atoms with van der Waals surface area (Å²) in [5.74, 6) is -2.17. The van der Waals surface area contributed by atoms with Gasteiger partial charge in [-0.25, -0.2) is 9.29 Å². The van der Waals surface area contributed by atoms with Crippen LogP contribution in [0.2, 0.25) is 0 Å². The van der Waals surface area contributed by atoms with Crippen molar-refractivity contribution >= 4 is 23.3 Å². The zero-order valence-corrected chi connectivity index (χ0v) is 16.1. The molecule has 148 valence electrons. The molecule has 5 nitrogen and oxygen atoms in total. The number of Topliss-reactive ketones (excluding diaryl/α,β-unsaturated/α-hetero) is 1. The molecule has 2 aromatic carbocycles. The minimum Gasteiger partial charge on any atom is -0.322 e. The van der Waals surface area contributed by atoms with E-state index in [1.54, 1.807) is 12.1 Å². The molecule has 3 aliphatic rings. The highest BCUT2D eigenvalue weighted by molar-refractivity contribution is 6.24. The smallest absolute Gasteiger partial charge is 0.244 e. The SMILES string of the molecule is Cc1ccc(N2C(=O)[C@@H]3[C@H](C2=O)[C@H]2CCC[NH+]2[C@@H]3C(=O)c2ccc(F)cc2)cc1. The van der Waals surface area contributed by atoms with Gasteiger partial charge in [-0.1, -0.05) is 17.7 Å². The molecule has 0 radical (unpaired) electrons. The van der Waals surface area contributed by atoms with E-state index in [0.29, 0.717) is 11.3 Å². The molecular formula is C23H22FN2O3+. The molecule has 3 fully saturated rings. The molecule has 2 amide bonds. The van der Waals surface area contributed by atoms with Crippen LogP contribution >= 0.6 is 0 Å². The summed E-state index contributed by atoms with van der Waals surface area (Å²) >= 11 is 0. The second-order valence-corrected chi connectivity index (χ2v) is 8.32. The molecule has 3 saturated heterocycles. The number of imide groups is 1. The van der Waals surface area contributed by atoms with E-state index in [1.165, 1.54) is 29.2 Å². The lowest BCUT2D eigenvalue weighted by Crippen LogP contribution is -3.16. The second-order valence-electron chi connectivity index (χ2n) is 8.32. The molecule has 3 heterocycles. The number of benzene rings is 2. The maximum Gasteiger partial charge on any atom is 0.244 e. The van der Waals surface area contributed by atoms with Crippen LogP contribution in [0.1, 0.15) is 28.8 Å². The van der Waals surface area contributed by atoms with Gasteiger partial charge in [0, 0.05) is 18.4 Å². The summed E-state index contributed by atoms with van der Waals surface area (Å²) in [5.41, 5.74) is 2.00. The summed E-state index contributed by atoms with van der Waals surface area (Å²) in [6.45, 7) is 2.73. The Balaban J connectivity index is 1.54. The summed E-state index contributed by atoms with van der Waals surface area (Å²) in [5, 5.41) is 0. The number of carbonyl (C=O) groups excluding carboxylic acids is 3. The van der Waals surface area contributed by atoms with E-state index in [-0.39, 0.29) is 23.6 Å². The third-order valence-corrected chi connectivity index (χ3v) is 6.75. The van der Waals surface area contributed by atoms with Gasteiger partial charge in [-0.2, -0.15) is 0 Å². The number of hydrogen-bond donors (Lipinski definition) is 1. The van der Waals surface area contributed by atoms with E-state index in [4.69, 9.17) is 0 Å². The van der Waals surface area contributed by atoms with E-state index in [9.17, 15) is 18.8 Å². The molecular weight excluding hydrogens is 371 g/mol. The Morgan fingerprint density at radius 1 is 1.00 bits per heavy atom. The summed E-state index contributed by atoms with van der Waals surface area (Å²) < 4.78 is 13.3. The topological polar surface area (TPSA) is 58.9 Å². The average Bonchev–Trinajstić information content (AvgIpc) is 3.35. The number of rotatable bonds is 3. The fourth-order valence-corrected chi connectivity index (χ4v) is 5.48. The Bertz CT molecular complexity index is 1000. The molecule has 5 rings (SSSR count). The molecule has 29 heavy (non-hydrogen) atoms. The first kappa shape index (κ1) is 18.2. The Hall–Kier alpha value is -2.86. The molecule has 1 unspecified atom stereocenters.